The Morgan fingerprint density at radius 1 is 0.939 bits per heavy atom. The molecular formula is C23H30N4O5S. The zero-order chi connectivity index (χ0) is 24.7. The summed E-state index contributed by atoms with van der Waals surface area (Å²) in [5.41, 5.74) is 5.04. The standard InChI is InChI=1S/C23H30N4O5S/c1-14-15(2)17(4)22(18(5)16(14)3)33(31,32)26-11-9-25(10-12-26)23(28)20-13-19(27(29)30)7-8-21(20)24-6/h7-8,13,24H,9-12H2,1-6H3. The van der Waals surface area contributed by atoms with Crippen LogP contribution >= 0.6 is 0 Å². The van der Waals surface area contributed by atoms with E-state index in [4.69, 9.17) is 0 Å². The van der Waals surface area contributed by atoms with Crippen LogP contribution in [0.25, 0.3) is 0 Å². The van der Waals surface area contributed by atoms with Crippen molar-refractivity contribution in [2.45, 2.75) is 39.5 Å². The van der Waals surface area contributed by atoms with Gasteiger partial charge in [0.25, 0.3) is 11.6 Å². The van der Waals surface area contributed by atoms with Crippen molar-refractivity contribution in [3.63, 3.8) is 0 Å². The van der Waals surface area contributed by atoms with Crippen molar-refractivity contribution in [3.8, 4) is 0 Å². The third-order valence-electron chi connectivity index (χ3n) is 6.77. The van der Waals surface area contributed by atoms with Crippen molar-refractivity contribution in [2.24, 2.45) is 0 Å². The minimum atomic E-state index is -3.74. The maximum absolute atomic E-state index is 13.5. The van der Waals surface area contributed by atoms with Gasteiger partial charge in [0.2, 0.25) is 10.0 Å². The van der Waals surface area contributed by atoms with Gasteiger partial charge < -0.3 is 10.2 Å². The van der Waals surface area contributed by atoms with Gasteiger partial charge in [0.05, 0.1) is 15.4 Å². The van der Waals surface area contributed by atoms with Crippen LogP contribution < -0.4 is 5.32 Å². The number of piperazine rings is 1. The molecule has 1 N–H and O–H groups in total. The lowest BCUT2D eigenvalue weighted by Gasteiger charge is -2.35. The van der Waals surface area contributed by atoms with Crippen LogP contribution in [0.3, 0.4) is 0 Å². The predicted octanol–water partition coefficient (Wildman–Crippen LogP) is 3.33. The molecule has 0 spiro atoms. The van der Waals surface area contributed by atoms with E-state index in [2.05, 4.69) is 5.32 Å². The van der Waals surface area contributed by atoms with Gasteiger partial charge in [0.15, 0.2) is 0 Å². The Hall–Kier alpha value is -2.98. The number of nitro groups is 1. The first-order valence-electron chi connectivity index (χ1n) is 10.7. The molecule has 2 aromatic rings. The van der Waals surface area contributed by atoms with Crippen LogP contribution in [0.15, 0.2) is 23.1 Å². The molecule has 9 nitrogen and oxygen atoms in total. The number of nitro benzene ring substituents is 1. The fourth-order valence-electron chi connectivity index (χ4n) is 4.32. The zero-order valence-electron chi connectivity index (χ0n) is 19.9. The summed E-state index contributed by atoms with van der Waals surface area (Å²) in [7, 11) is -2.10. The number of anilines is 1. The molecule has 0 atom stereocenters. The van der Waals surface area contributed by atoms with Gasteiger partial charge in [-0.15, -0.1) is 0 Å². The topological polar surface area (TPSA) is 113 Å². The van der Waals surface area contributed by atoms with E-state index in [-0.39, 0.29) is 43.3 Å². The van der Waals surface area contributed by atoms with Crippen LogP contribution in [-0.4, -0.2) is 61.7 Å². The lowest BCUT2D eigenvalue weighted by atomic mass is 9.95. The highest BCUT2D eigenvalue weighted by atomic mass is 32.2. The molecule has 0 saturated carbocycles. The number of carbonyl (C=O) groups excluding carboxylic acids is 1. The molecule has 1 fully saturated rings. The minimum Gasteiger partial charge on any atom is -0.387 e. The Balaban J connectivity index is 1.86. The maximum atomic E-state index is 13.5. The molecule has 0 unspecified atom stereocenters. The zero-order valence-corrected chi connectivity index (χ0v) is 20.7. The predicted molar refractivity (Wildman–Crippen MR) is 127 cm³/mol. The van der Waals surface area contributed by atoms with Crippen molar-refractivity contribution >= 4 is 27.3 Å². The minimum absolute atomic E-state index is 0.155. The number of sulfonamides is 1. The highest BCUT2D eigenvalue weighted by Gasteiger charge is 2.34. The van der Waals surface area contributed by atoms with Gasteiger partial charge in [0.1, 0.15) is 0 Å². The number of carbonyl (C=O) groups is 1. The molecule has 0 bridgehead atoms. The SMILES string of the molecule is CNc1ccc([N+](=O)[O-])cc1C(=O)N1CCN(S(=O)(=O)c2c(C)c(C)c(C)c(C)c2C)CC1. The highest BCUT2D eigenvalue weighted by Crippen LogP contribution is 2.32. The maximum Gasteiger partial charge on any atom is 0.270 e. The molecule has 1 aliphatic heterocycles. The number of benzene rings is 2. The van der Waals surface area contributed by atoms with Crippen molar-refractivity contribution in [1.82, 2.24) is 9.21 Å². The monoisotopic (exact) mass is 474 g/mol. The van der Waals surface area contributed by atoms with Crippen LogP contribution in [0.2, 0.25) is 0 Å². The summed E-state index contributed by atoms with van der Waals surface area (Å²) >= 11 is 0. The third kappa shape index (κ3) is 4.32. The summed E-state index contributed by atoms with van der Waals surface area (Å²) in [5, 5.41) is 14.0. The van der Waals surface area contributed by atoms with E-state index in [1.165, 1.54) is 27.4 Å². The molecule has 0 aliphatic carbocycles. The van der Waals surface area contributed by atoms with Gasteiger partial charge >= 0.3 is 0 Å². The Kier molecular flexibility index (Phi) is 6.80. The van der Waals surface area contributed by atoms with Crippen LogP contribution in [0.4, 0.5) is 11.4 Å². The lowest BCUT2D eigenvalue weighted by molar-refractivity contribution is -0.384. The number of hydrogen-bond donors (Lipinski definition) is 1. The van der Waals surface area contributed by atoms with Crippen molar-refractivity contribution in [2.75, 3.05) is 38.5 Å². The Morgan fingerprint density at radius 3 is 1.94 bits per heavy atom. The molecule has 1 heterocycles. The molecular weight excluding hydrogens is 444 g/mol. The molecule has 33 heavy (non-hydrogen) atoms. The Labute approximate surface area is 194 Å². The van der Waals surface area contributed by atoms with Crippen LogP contribution in [0, 0.1) is 44.7 Å². The molecule has 1 amide bonds. The van der Waals surface area contributed by atoms with Crippen molar-refractivity contribution < 1.29 is 18.1 Å². The summed E-state index contributed by atoms with van der Waals surface area (Å²) in [4.78, 5) is 25.6. The number of nitrogens with zero attached hydrogens (tertiary/aromatic N) is 3. The average Bonchev–Trinajstić information content (AvgIpc) is 2.80. The van der Waals surface area contributed by atoms with Crippen LogP contribution in [0.5, 0.6) is 0 Å². The first-order valence-corrected chi connectivity index (χ1v) is 12.2. The van der Waals surface area contributed by atoms with Gasteiger partial charge in [-0.1, -0.05) is 0 Å². The smallest absolute Gasteiger partial charge is 0.270 e. The molecule has 3 rings (SSSR count). The third-order valence-corrected chi connectivity index (χ3v) is 8.94. The number of hydrogen-bond acceptors (Lipinski definition) is 6. The number of nitrogens with one attached hydrogen (secondary N) is 1. The summed E-state index contributed by atoms with van der Waals surface area (Å²) in [6, 6.07) is 4.09. The summed E-state index contributed by atoms with van der Waals surface area (Å²) in [6.07, 6.45) is 0. The molecule has 0 radical (unpaired) electrons. The van der Waals surface area contributed by atoms with E-state index in [1.54, 1.807) is 7.05 Å². The fraction of sp³-hybridized carbons (Fsp3) is 0.435. The van der Waals surface area contributed by atoms with Gasteiger partial charge in [-0.05, 0) is 68.5 Å². The molecule has 10 heteroatoms. The number of non-ortho nitro benzene ring substituents is 1. The van der Waals surface area contributed by atoms with Crippen LogP contribution in [-0.2, 0) is 10.0 Å². The molecule has 2 aromatic carbocycles. The second-order valence-corrected chi connectivity index (χ2v) is 10.3. The van der Waals surface area contributed by atoms with Crippen LogP contribution in [0.1, 0.15) is 38.2 Å². The Bertz CT molecular complexity index is 1200. The van der Waals surface area contributed by atoms with E-state index in [1.807, 2.05) is 34.6 Å². The summed E-state index contributed by atoms with van der Waals surface area (Å²) < 4.78 is 28.5. The van der Waals surface area contributed by atoms with Gasteiger partial charge in [0, 0.05) is 51.0 Å². The average molecular weight is 475 g/mol. The summed E-state index contributed by atoms with van der Waals surface area (Å²) in [5.74, 6) is -0.366. The van der Waals surface area contributed by atoms with Gasteiger partial charge in [-0.2, -0.15) is 4.31 Å². The first-order chi connectivity index (χ1) is 15.4. The highest BCUT2D eigenvalue weighted by molar-refractivity contribution is 7.89. The second kappa shape index (κ2) is 9.11. The fourth-order valence-corrected chi connectivity index (χ4v) is 6.31. The van der Waals surface area contributed by atoms with Crippen molar-refractivity contribution in [1.29, 1.82) is 0 Å². The molecule has 1 saturated heterocycles. The molecule has 0 aromatic heterocycles. The quantitative estimate of drug-likeness (QED) is 0.525. The van der Waals surface area contributed by atoms with E-state index in [0.717, 1.165) is 27.8 Å². The van der Waals surface area contributed by atoms with E-state index < -0.39 is 14.9 Å². The normalized spacial score (nSPS) is 14.9. The van der Waals surface area contributed by atoms with Gasteiger partial charge in [-0.25, -0.2) is 8.42 Å². The number of rotatable bonds is 5. The lowest BCUT2D eigenvalue weighted by Crippen LogP contribution is -2.50. The van der Waals surface area contributed by atoms with E-state index in [9.17, 15) is 23.3 Å². The largest absolute Gasteiger partial charge is 0.387 e. The summed E-state index contributed by atoms with van der Waals surface area (Å²) in [6.45, 7) is 10.3. The molecule has 178 valence electrons. The van der Waals surface area contributed by atoms with Crippen molar-refractivity contribution in [3.05, 3.63) is 61.7 Å². The second-order valence-electron chi connectivity index (χ2n) is 8.39. The van der Waals surface area contributed by atoms with E-state index >= 15 is 0 Å². The molecule has 1 aliphatic rings. The first kappa shape index (κ1) is 24.7. The van der Waals surface area contributed by atoms with Gasteiger partial charge in [-0.3, -0.25) is 14.9 Å². The number of amides is 1. The van der Waals surface area contributed by atoms with E-state index in [0.29, 0.717) is 10.6 Å². The Morgan fingerprint density at radius 2 is 1.45 bits per heavy atom.